The van der Waals surface area contributed by atoms with E-state index in [1.165, 1.54) is 34.9 Å². The highest BCUT2D eigenvalue weighted by atomic mass is 32.1. The second-order valence-electron chi connectivity index (χ2n) is 5.90. The van der Waals surface area contributed by atoms with Crippen LogP contribution >= 0.6 is 11.3 Å². The normalized spacial score (nSPS) is 23.7. The number of nitrogens with one attached hydrogen (secondary N) is 1. The molecule has 1 aliphatic carbocycles. The topological polar surface area (TPSA) is 12.0 Å². The molecule has 2 heteroatoms. The number of rotatable bonds is 6. The first-order valence-corrected chi connectivity index (χ1v) is 8.36. The average molecular weight is 273 g/mol. The Kier molecular flexibility index (Phi) is 3.90. The van der Waals surface area contributed by atoms with Gasteiger partial charge in [-0.1, -0.05) is 32.0 Å². The van der Waals surface area contributed by atoms with Crippen LogP contribution in [0, 0.1) is 11.8 Å². The molecule has 0 spiro atoms. The molecule has 1 aromatic carbocycles. The van der Waals surface area contributed by atoms with Crippen molar-refractivity contribution in [1.82, 2.24) is 5.32 Å². The van der Waals surface area contributed by atoms with Crippen LogP contribution in [0.1, 0.15) is 32.3 Å². The van der Waals surface area contributed by atoms with Crippen LogP contribution in [-0.4, -0.2) is 12.6 Å². The molecule has 1 heterocycles. The van der Waals surface area contributed by atoms with Crippen molar-refractivity contribution in [3.63, 3.8) is 0 Å². The van der Waals surface area contributed by atoms with Crippen molar-refractivity contribution in [2.75, 3.05) is 6.54 Å². The third-order valence-corrected chi connectivity index (χ3v) is 5.36. The monoisotopic (exact) mass is 273 g/mol. The summed E-state index contributed by atoms with van der Waals surface area (Å²) < 4.78 is 1.43. The van der Waals surface area contributed by atoms with Crippen LogP contribution in [0.3, 0.4) is 0 Å². The van der Waals surface area contributed by atoms with Crippen LogP contribution in [0.25, 0.3) is 10.1 Å². The van der Waals surface area contributed by atoms with Gasteiger partial charge in [0.25, 0.3) is 0 Å². The minimum atomic E-state index is 0.674. The number of benzene rings is 1. The first-order chi connectivity index (χ1) is 9.29. The highest BCUT2D eigenvalue weighted by Gasteiger charge is 2.39. The van der Waals surface area contributed by atoms with E-state index in [2.05, 4.69) is 48.8 Å². The fourth-order valence-corrected chi connectivity index (χ4v) is 4.02. The largest absolute Gasteiger partial charge is 0.313 e. The summed E-state index contributed by atoms with van der Waals surface area (Å²) in [5.41, 5.74) is 1.54. The van der Waals surface area contributed by atoms with Crippen LogP contribution in [0.15, 0.2) is 29.6 Å². The van der Waals surface area contributed by atoms with Gasteiger partial charge in [-0.25, -0.2) is 0 Å². The molecule has 3 unspecified atom stereocenters. The van der Waals surface area contributed by atoms with Gasteiger partial charge in [0.1, 0.15) is 0 Å². The minimum absolute atomic E-state index is 0.674. The molecule has 1 aliphatic rings. The summed E-state index contributed by atoms with van der Waals surface area (Å²) in [5, 5.41) is 7.59. The second kappa shape index (κ2) is 5.64. The number of fused-ring (bicyclic) bond motifs is 1. The Hall–Kier alpha value is -0.860. The lowest BCUT2D eigenvalue weighted by atomic mass is 10.0. The maximum absolute atomic E-state index is 3.77. The van der Waals surface area contributed by atoms with Crippen molar-refractivity contribution >= 4 is 21.4 Å². The third kappa shape index (κ3) is 2.85. The summed E-state index contributed by atoms with van der Waals surface area (Å²) >= 11 is 1.88. The molecule has 1 saturated carbocycles. The Bertz CT molecular complexity index is 545. The van der Waals surface area contributed by atoms with E-state index >= 15 is 0 Å². The van der Waals surface area contributed by atoms with Crippen molar-refractivity contribution in [2.45, 2.75) is 39.2 Å². The van der Waals surface area contributed by atoms with Gasteiger partial charge >= 0.3 is 0 Å². The van der Waals surface area contributed by atoms with Crippen molar-refractivity contribution in [2.24, 2.45) is 11.8 Å². The van der Waals surface area contributed by atoms with Crippen LogP contribution in [0.2, 0.25) is 0 Å². The molecule has 1 fully saturated rings. The molecule has 2 aromatic rings. The Morgan fingerprint density at radius 2 is 2.16 bits per heavy atom. The van der Waals surface area contributed by atoms with Gasteiger partial charge in [0.2, 0.25) is 0 Å². The number of hydrogen-bond donors (Lipinski definition) is 1. The lowest BCUT2D eigenvalue weighted by Crippen LogP contribution is -2.34. The Morgan fingerprint density at radius 1 is 1.37 bits per heavy atom. The quantitative estimate of drug-likeness (QED) is 0.819. The maximum Gasteiger partial charge on any atom is 0.0345 e. The predicted molar refractivity (Wildman–Crippen MR) is 84.9 cm³/mol. The molecule has 102 valence electrons. The fourth-order valence-electron chi connectivity index (χ4n) is 3.04. The average Bonchev–Trinajstić information content (AvgIpc) is 3.01. The van der Waals surface area contributed by atoms with Gasteiger partial charge in [-0.05, 0) is 60.0 Å². The lowest BCUT2D eigenvalue weighted by Gasteiger charge is -2.18. The van der Waals surface area contributed by atoms with Crippen LogP contribution < -0.4 is 5.32 Å². The zero-order valence-electron chi connectivity index (χ0n) is 11.9. The first kappa shape index (κ1) is 13.1. The summed E-state index contributed by atoms with van der Waals surface area (Å²) in [7, 11) is 0. The Labute approximate surface area is 120 Å². The van der Waals surface area contributed by atoms with E-state index in [1.807, 2.05) is 11.3 Å². The molecule has 1 N–H and O–H groups in total. The molecule has 3 atom stereocenters. The maximum atomic E-state index is 3.77. The number of thiophene rings is 1. The van der Waals surface area contributed by atoms with E-state index in [1.54, 1.807) is 0 Å². The van der Waals surface area contributed by atoms with Crippen molar-refractivity contribution in [3.05, 3.63) is 35.2 Å². The molecule has 0 bridgehead atoms. The summed E-state index contributed by atoms with van der Waals surface area (Å²) in [4.78, 5) is 0. The van der Waals surface area contributed by atoms with Crippen molar-refractivity contribution < 1.29 is 0 Å². The summed E-state index contributed by atoms with van der Waals surface area (Å²) in [6, 6.07) is 9.48. The molecule has 0 amide bonds. The summed E-state index contributed by atoms with van der Waals surface area (Å²) in [6.45, 7) is 5.79. The molecule has 19 heavy (non-hydrogen) atoms. The van der Waals surface area contributed by atoms with E-state index in [-0.39, 0.29) is 0 Å². The lowest BCUT2D eigenvalue weighted by molar-refractivity contribution is 0.445. The van der Waals surface area contributed by atoms with Crippen molar-refractivity contribution in [3.8, 4) is 0 Å². The fraction of sp³-hybridized carbons (Fsp3) is 0.529. The van der Waals surface area contributed by atoms with E-state index in [4.69, 9.17) is 0 Å². The third-order valence-electron chi connectivity index (χ3n) is 4.35. The van der Waals surface area contributed by atoms with Gasteiger partial charge < -0.3 is 5.32 Å². The standard InChI is InChI=1S/C17H23NS/c1-3-8-18-16(15-9-12(15)2)10-13-11-19-17-7-5-4-6-14(13)17/h4-7,11-12,15-16,18H,3,8-10H2,1-2H3. The van der Waals surface area contributed by atoms with E-state index < -0.39 is 0 Å². The SMILES string of the molecule is CCCNC(Cc1csc2ccccc12)C1CC1C. The van der Waals surface area contributed by atoms with Gasteiger partial charge in [-0.15, -0.1) is 11.3 Å². The van der Waals surface area contributed by atoms with Gasteiger partial charge in [0.05, 0.1) is 0 Å². The summed E-state index contributed by atoms with van der Waals surface area (Å²) in [5.74, 6) is 1.81. The summed E-state index contributed by atoms with van der Waals surface area (Å²) in [6.07, 6.45) is 3.82. The van der Waals surface area contributed by atoms with E-state index in [0.717, 1.165) is 18.4 Å². The van der Waals surface area contributed by atoms with Gasteiger partial charge in [0.15, 0.2) is 0 Å². The molecule has 1 nitrogen and oxygen atoms in total. The molecular formula is C17H23NS. The Balaban J connectivity index is 1.77. The van der Waals surface area contributed by atoms with E-state index in [9.17, 15) is 0 Å². The smallest absolute Gasteiger partial charge is 0.0345 e. The van der Waals surface area contributed by atoms with Gasteiger partial charge in [-0.2, -0.15) is 0 Å². The predicted octanol–water partition coefficient (Wildman–Crippen LogP) is 4.47. The highest BCUT2D eigenvalue weighted by Crippen LogP contribution is 2.42. The first-order valence-electron chi connectivity index (χ1n) is 7.48. The second-order valence-corrected chi connectivity index (χ2v) is 6.81. The van der Waals surface area contributed by atoms with Crippen LogP contribution in [0.4, 0.5) is 0 Å². The van der Waals surface area contributed by atoms with Crippen molar-refractivity contribution in [1.29, 1.82) is 0 Å². The number of hydrogen-bond acceptors (Lipinski definition) is 2. The molecule has 0 radical (unpaired) electrons. The van der Waals surface area contributed by atoms with Crippen LogP contribution in [0.5, 0.6) is 0 Å². The Morgan fingerprint density at radius 3 is 2.89 bits per heavy atom. The van der Waals surface area contributed by atoms with Crippen LogP contribution in [-0.2, 0) is 6.42 Å². The molecular weight excluding hydrogens is 250 g/mol. The highest BCUT2D eigenvalue weighted by molar-refractivity contribution is 7.17. The molecule has 0 aliphatic heterocycles. The molecule has 0 saturated heterocycles. The zero-order chi connectivity index (χ0) is 13.2. The zero-order valence-corrected chi connectivity index (χ0v) is 12.7. The van der Waals surface area contributed by atoms with Gasteiger partial charge in [0, 0.05) is 10.7 Å². The minimum Gasteiger partial charge on any atom is -0.313 e. The molecule has 1 aromatic heterocycles. The van der Waals surface area contributed by atoms with E-state index in [0.29, 0.717) is 6.04 Å². The molecule has 3 rings (SSSR count). The van der Waals surface area contributed by atoms with Gasteiger partial charge in [-0.3, -0.25) is 0 Å².